The minimum absolute atomic E-state index is 0.119. The van der Waals surface area contributed by atoms with Crippen molar-refractivity contribution in [2.24, 2.45) is 0 Å². The summed E-state index contributed by atoms with van der Waals surface area (Å²) in [6.07, 6.45) is 3.30. The number of hydrogen-bond donors (Lipinski definition) is 1. The number of rotatable bonds is 5. The van der Waals surface area contributed by atoms with Crippen molar-refractivity contribution >= 4 is 62.6 Å². The molecule has 0 atom stereocenters. The number of hydrogen-bond acceptors (Lipinski definition) is 5. The summed E-state index contributed by atoms with van der Waals surface area (Å²) in [5.41, 5.74) is 3.36. The van der Waals surface area contributed by atoms with E-state index in [0.29, 0.717) is 5.69 Å². The van der Waals surface area contributed by atoms with Crippen molar-refractivity contribution in [3.63, 3.8) is 0 Å². The molecule has 0 radical (unpaired) electrons. The standard InChI is InChI=1S/C17H17IN4O2S/c1-3-21(4-2)17-19-10-13(25-17)9-14-15(23)20-22(16(14)24)12-7-5-11(18)6-8-12/h5-10H,3-4H2,1-2H3,(H,20,23)/b14-9+. The number of nitrogens with one attached hydrogen (secondary N) is 1. The third kappa shape index (κ3) is 3.69. The number of carbonyl (C=O) groups excluding carboxylic acids is 2. The molecule has 1 aliphatic heterocycles. The number of halogens is 1. The van der Waals surface area contributed by atoms with E-state index in [1.54, 1.807) is 24.4 Å². The third-order valence-electron chi connectivity index (χ3n) is 3.81. The van der Waals surface area contributed by atoms with Crippen LogP contribution in [0, 0.1) is 3.57 Å². The minimum Gasteiger partial charge on any atom is -0.349 e. The van der Waals surface area contributed by atoms with Crippen LogP contribution in [0.1, 0.15) is 18.7 Å². The number of carbonyl (C=O) groups is 2. The molecule has 1 fully saturated rings. The lowest BCUT2D eigenvalue weighted by molar-refractivity contribution is -0.117. The summed E-state index contributed by atoms with van der Waals surface area (Å²) in [5.74, 6) is -0.759. The highest BCUT2D eigenvalue weighted by Crippen LogP contribution is 2.27. The van der Waals surface area contributed by atoms with Gasteiger partial charge in [0.25, 0.3) is 11.8 Å². The molecule has 1 N–H and O–H groups in total. The minimum atomic E-state index is -0.402. The molecule has 3 rings (SSSR count). The number of hydrazine groups is 1. The van der Waals surface area contributed by atoms with Crippen LogP contribution in [0.5, 0.6) is 0 Å². The number of thiazole rings is 1. The Labute approximate surface area is 163 Å². The Kier molecular flexibility index (Phi) is 5.38. The molecule has 1 aliphatic rings. The van der Waals surface area contributed by atoms with Crippen molar-refractivity contribution in [1.82, 2.24) is 10.4 Å². The summed E-state index contributed by atoms with van der Waals surface area (Å²) in [5, 5.41) is 2.16. The Morgan fingerprint density at radius 2 is 1.92 bits per heavy atom. The highest BCUT2D eigenvalue weighted by Gasteiger charge is 2.34. The first-order valence-corrected chi connectivity index (χ1v) is 9.76. The van der Waals surface area contributed by atoms with E-state index in [4.69, 9.17) is 0 Å². The van der Waals surface area contributed by atoms with E-state index in [-0.39, 0.29) is 11.5 Å². The Hall–Kier alpha value is -1.94. The van der Waals surface area contributed by atoms with E-state index in [2.05, 4.69) is 51.7 Å². The van der Waals surface area contributed by atoms with Gasteiger partial charge in [0.05, 0.1) is 10.6 Å². The molecule has 130 valence electrons. The largest absolute Gasteiger partial charge is 0.349 e. The van der Waals surface area contributed by atoms with Crippen molar-refractivity contribution in [2.45, 2.75) is 13.8 Å². The second-order valence-corrected chi connectivity index (χ2v) is 7.62. The van der Waals surface area contributed by atoms with Gasteiger partial charge in [-0.25, -0.2) is 9.99 Å². The highest BCUT2D eigenvalue weighted by molar-refractivity contribution is 14.1. The fraction of sp³-hybridized carbons (Fsp3) is 0.235. The van der Waals surface area contributed by atoms with Gasteiger partial charge in [-0.2, -0.15) is 0 Å². The van der Waals surface area contributed by atoms with Crippen LogP contribution < -0.4 is 15.3 Å². The Morgan fingerprint density at radius 3 is 2.56 bits per heavy atom. The van der Waals surface area contributed by atoms with E-state index < -0.39 is 5.91 Å². The molecule has 2 aromatic rings. The first-order valence-electron chi connectivity index (χ1n) is 7.87. The van der Waals surface area contributed by atoms with Crippen molar-refractivity contribution in [3.8, 4) is 0 Å². The molecule has 25 heavy (non-hydrogen) atoms. The maximum Gasteiger partial charge on any atom is 0.282 e. The van der Waals surface area contributed by atoms with E-state index in [1.165, 1.54) is 16.3 Å². The molecule has 1 aromatic heterocycles. The molecule has 2 amide bonds. The van der Waals surface area contributed by atoms with Crippen molar-refractivity contribution < 1.29 is 9.59 Å². The maximum atomic E-state index is 12.6. The van der Waals surface area contributed by atoms with Gasteiger partial charge in [-0.3, -0.25) is 15.0 Å². The topological polar surface area (TPSA) is 65.5 Å². The molecule has 1 saturated heterocycles. The van der Waals surface area contributed by atoms with Gasteiger partial charge < -0.3 is 4.90 Å². The summed E-state index contributed by atoms with van der Waals surface area (Å²) in [6.45, 7) is 5.85. The van der Waals surface area contributed by atoms with E-state index in [9.17, 15) is 9.59 Å². The van der Waals surface area contributed by atoms with Crippen LogP contribution in [0.2, 0.25) is 0 Å². The Balaban J connectivity index is 1.85. The molecule has 0 spiro atoms. The maximum absolute atomic E-state index is 12.6. The van der Waals surface area contributed by atoms with Gasteiger partial charge in [0.2, 0.25) is 0 Å². The molecule has 0 aliphatic carbocycles. The molecule has 8 heteroatoms. The SMILES string of the molecule is CCN(CC)c1ncc(/C=C2\C(=O)NN(c3ccc(I)cc3)C2=O)s1. The second-order valence-electron chi connectivity index (χ2n) is 5.33. The normalized spacial score (nSPS) is 15.8. The van der Waals surface area contributed by atoms with Gasteiger partial charge in [-0.1, -0.05) is 11.3 Å². The van der Waals surface area contributed by atoms with E-state index >= 15 is 0 Å². The summed E-state index contributed by atoms with van der Waals surface area (Å²) in [7, 11) is 0. The van der Waals surface area contributed by atoms with Crippen LogP contribution in [0.15, 0.2) is 36.0 Å². The van der Waals surface area contributed by atoms with Crippen molar-refractivity contribution in [2.75, 3.05) is 23.0 Å². The summed E-state index contributed by atoms with van der Waals surface area (Å²) in [6, 6.07) is 7.37. The second kappa shape index (κ2) is 7.52. The lowest BCUT2D eigenvalue weighted by Gasteiger charge is -2.16. The summed E-state index contributed by atoms with van der Waals surface area (Å²) >= 11 is 3.66. The van der Waals surface area contributed by atoms with Crippen LogP contribution in [0.25, 0.3) is 6.08 Å². The predicted octanol–water partition coefficient (Wildman–Crippen LogP) is 3.06. The van der Waals surface area contributed by atoms with Crippen LogP contribution in [-0.4, -0.2) is 29.9 Å². The van der Waals surface area contributed by atoms with Crippen molar-refractivity contribution in [3.05, 3.63) is 44.5 Å². The molecule has 0 bridgehead atoms. The lowest BCUT2D eigenvalue weighted by Crippen LogP contribution is -2.35. The first kappa shape index (κ1) is 17.9. The smallest absolute Gasteiger partial charge is 0.282 e. The number of amides is 2. The molecular formula is C17H17IN4O2S. The number of aromatic nitrogens is 1. The number of nitrogens with zero attached hydrogens (tertiary/aromatic N) is 3. The molecule has 6 nitrogen and oxygen atoms in total. The lowest BCUT2D eigenvalue weighted by atomic mass is 10.2. The van der Waals surface area contributed by atoms with Crippen molar-refractivity contribution in [1.29, 1.82) is 0 Å². The van der Waals surface area contributed by atoms with E-state index in [1.807, 2.05) is 12.1 Å². The molecule has 0 unspecified atom stereocenters. The van der Waals surface area contributed by atoms with Crippen LogP contribution in [0.3, 0.4) is 0 Å². The predicted molar refractivity (Wildman–Crippen MR) is 108 cm³/mol. The monoisotopic (exact) mass is 468 g/mol. The van der Waals surface area contributed by atoms with Gasteiger partial charge in [0, 0.05) is 22.9 Å². The molecular weight excluding hydrogens is 451 g/mol. The van der Waals surface area contributed by atoms with Gasteiger partial charge in [-0.15, -0.1) is 0 Å². The quantitative estimate of drug-likeness (QED) is 0.416. The molecule has 1 aromatic carbocycles. The zero-order valence-electron chi connectivity index (χ0n) is 13.8. The fourth-order valence-electron chi connectivity index (χ4n) is 2.46. The van der Waals surface area contributed by atoms with Crippen LogP contribution >= 0.6 is 33.9 Å². The Bertz CT molecular complexity index is 827. The summed E-state index contributed by atoms with van der Waals surface area (Å²) < 4.78 is 1.06. The average molecular weight is 468 g/mol. The number of benzene rings is 1. The van der Waals surface area contributed by atoms with Gasteiger partial charge >= 0.3 is 0 Å². The zero-order chi connectivity index (χ0) is 18.0. The molecule has 2 heterocycles. The average Bonchev–Trinajstić information content (AvgIpc) is 3.17. The van der Waals surface area contributed by atoms with Crippen LogP contribution in [-0.2, 0) is 9.59 Å². The van der Waals surface area contributed by atoms with Gasteiger partial charge in [0.1, 0.15) is 5.57 Å². The highest BCUT2D eigenvalue weighted by atomic mass is 127. The van der Waals surface area contributed by atoms with Gasteiger partial charge in [0.15, 0.2) is 5.13 Å². The van der Waals surface area contributed by atoms with Crippen LogP contribution in [0.4, 0.5) is 10.8 Å². The summed E-state index contributed by atoms with van der Waals surface area (Å²) in [4.78, 5) is 32.1. The van der Waals surface area contributed by atoms with E-state index in [0.717, 1.165) is 26.7 Å². The zero-order valence-corrected chi connectivity index (χ0v) is 16.8. The first-order chi connectivity index (χ1) is 12.0. The fourth-order valence-corrected chi connectivity index (χ4v) is 3.80. The van der Waals surface area contributed by atoms with Gasteiger partial charge in [-0.05, 0) is 66.8 Å². The molecule has 0 saturated carbocycles. The number of anilines is 2. The third-order valence-corrected chi connectivity index (χ3v) is 5.53. The Morgan fingerprint density at radius 1 is 1.24 bits per heavy atom.